The van der Waals surface area contributed by atoms with Gasteiger partial charge in [0.05, 0.1) is 12.6 Å². The largest absolute Gasteiger partial charge is 0.573 e. The molecule has 0 aliphatic carbocycles. The molecule has 24 heavy (non-hydrogen) atoms. The third-order valence-corrected chi connectivity index (χ3v) is 3.14. The minimum absolute atomic E-state index is 0. The quantitative estimate of drug-likeness (QED) is 0.837. The molecule has 0 aliphatic rings. The smallest absolute Gasteiger partial charge is 0.504 e. The molecule has 0 heterocycles. The predicted molar refractivity (Wildman–Crippen MR) is 85.7 cm³/mol. The number of phenols is 1. The summed E-state index contributed by atoms with van der Waals surface area (Å²) in [6.07, 6.45) is -4.74. The Bertz CT molecular complexity index is 663. The summed E-state index contributed by atoms with van der Waals surface area (Å²) >= 11 is 0. The Labute approximate surface area is 143 Å². The molecule has 0 amide bonds. The van der Waals surface area contributed by atoms with Gasteiger partial charge in [-0.3, -0.25) is 0 Å². The second-order valence-electron chi connectivity index (χ2n) is 4.72. The zero-order valence-corrected chi connectivity index (χ0v) is 13.5. The molecule has 0 aliphatic heterocycles. The highest BCUT2D eigenvalue weighted by Gasteiger charge is 2.31. The molecule has 132 valence electrons. The van der Waals surface area contributed by atoms with Gasteiger partial charge >= 0.3 is 6.36 Å². The number of aromatic hydroxyl groups is 1. The molecule has 3 N–H and O–H groups in total. The minimum atomic E-state index is -4.74. The van der Waals surface area contributed by atoms with Crippen LogP contribution < -0.4 is 15.2 Å². The van der Waals surface area contributed by atoms with Crippen LogP contribution in [0.25, 0.3) is 0 Å². The van der Waals surface area contributed by atoms with Crippen LogP contribution in [0.15, 0.2) is 42.5 Å². The van der Waals surface area contributed by atoms with Crippen molar-refractivity contribution in [1.29, 1.82) is 0 Å². The summed E-state index contributed by atoms with van der Waals surface area (Å²) in [6, 6.07) is 9.38. The molecule has 2 aromatic rings. The van der Waals surface area contributed by atoms with Crippen LogP contribution >= 0.6 is 12.4 Å². The van der Waals surface area contributed by atoms with E-state index in [0.29, 0.717) is 23.5 Å². The first-order chi connectivity index (χ1) is 10.8. The molecule has 0 radical (unpaired) electrons. The molecule has 0 aromatic heterocycles. The van der Waals surface area contributed by atoms with Crippen LogP contribution in [-0.4, -0.2) is 18.1 Å². The topological polar surface area (TPSA) is 64.7 Å². The average Bonchev–Trinajstić information content (AvgIpc) is 2.48. The lowest BCUT2D eigenvalue weighted by molar-refractivity contribution is -0.274. The zero-order valence-electron chi connectivity index (χ0n) is 12.7. The lowest BCUT2D eigenvalue weighted by atomic mass is 9.98. The van der Waals surface area contributed by atoms with Gasteiger partial charge in [-0.1, -0.05) is 24.3 Å². The van der Waals surface area contributed by atoms with Gasteiger partial charge in [-0.05, 0) is 30.7 Å². The number of alkyl halides is 3. The Morgan fingerprint density at radius 3 is 2.29 bits per heavy atom. The molecule has 0 saturated carbocycles. The van der Waals surface area contributed by atoms with Gasteiger partial charge in [0.1, 0.15) is 5.75 Å². The van der Waals surface area contributed by atoms with Crippen molar-refractivity contribution in [3.63, 3.8) is 0 Å². The van der Waals surface area contributed by atoms with Crippen molar-refractivity contribution >= 4 is 12.4 Å². The van der Waals surface area contributed by atoms with E-state index < -0.39 is 12.4 Å². The normalized spacial score (nSPS) is 12.2. The maximum atomic E-state index is 12.1. The molecule has 0 unspecified atom stereocenters. The first-order valence-corrected chi connectivity index (χ1v) is 6.87. The molecule has 1 atom stereocenters. The molecule has 0 saturated heterocycles. The van der Waals surface area contributed by atoms with Crippen LogP contribution in [-0.2, 0) is 0 Å². The van der Waals surface area contributed by atoms with E-state index in [1.165, 1.54) is 24.3 Å². The third kappa shape index (κ3) is 4.94. The van der Waals surface area contributed by atoms with Crippen LogP contribution in [0.4, 0.5) is 13.2 Å². The Kier molecular flexibility index (Phi) is 6.74. The van der Waals surface area contributed by atoms with E-state index in [0.717, 1.165) is 0 Å². The van der Waals surface area contributed by atoms with Crippen LogP contribution in [0.1, 0.15) is 24.1 Å². The van der Waals surface area contributed by atoms with Crippen molar-refractivity contribution < 1.29 is 27.8 Å². The maximum absolute atomic E-state index is 12.1. The predicted octanol–water partition coefficient (Wildman–Crippen LogP) is 4.16. The number of rotatable bonds is 5. The van der Waals surface area contributed by atoms with Gasteiger partial charge < -0.3 is 20.3 Å². The standard InChI is InChI=1S/C16H16F3NO3.ClH/c1-2-22-13-5-3-4-12(15(13)21)14(20)10-6-8-11(9-7-10)23-16(17,18)19;/h3-9,14,21H,2,20H2,1H3;1H/t14-;/m0./s1. The van der Waals surface area contributed by atoms with Crippen molar-refractivity contribution in [2.45, 2.75) is 19.3 Å². The number of benzene rings is 2. The molecule has 8 heteroatoms. The summed E-state index contributed by atoms with van der Waals surface area (Å²) < 4.78 is 45.5. The van der Waals surface area contributed by atoms with Gasteiger partial charge in [0.15, 0.2) is 11.5 Å². The van der Waals surface area contributed by atoms with E-state index in [2.05, 4.69) is 4.74 Å². The Morgan fingerprint density at radius 1 is 1.12 bits per heavy atom. The number of hydrogen-bond donors (Lipinski definition) is 2. The second-order valence-corrected chi connectivity index (χ2v) is 4.72. The Hall–Kier alpha value is -2.12. The van der Waals surface area contributed by atoms with E-state index in [-0.39, 0.29) is 23.9 Å². The fourth-order valence-corrected chi connectivity index (χ4v) is 2.12. The van der Waals surface area contributed by atoms with Gasteiger partial charge in [-0.2, -0.15) is 0 Å². The van der Waals surface area contributed by atoms with E-state index >= 15 is 0 Å². The molecule has 2 rings (SSSR count). The summed E-state index contributed by atoms with van der Waals surface area (Å²) in [7, 11) is 0. The summed E-state index contributed by atoms with van der Waals surface area (Å²) in [5.41, 5.74) is 7.03. The SMILES string of the molecule is CCOc1cccc([C@@H](N)c2ccc(OC(F)(F)F)cc2)c1O.Cl. The fraction of sp³-hybridized carbons (Fsp3) is 0.250. The van der Waals surface area contributed by atoms with Crippen molar-refractivity contribution in [3.05, 3.63) is 53.6 Å². The van der Waals surface area contributed by atoms with Crippen LogP contribution in [0.2, 0.25) is 0 Å². The lowest BCUT2D eigenvalue weighted by Gasteiger charge is -2.17. The lowest BCUT2D eigenvalue weighted by Crippen LogP contribution is -2.17. The summed E-state index contributed by atoms with van der Waals surface area (Å²) in [6.45, 7) is 2.17. The van der Waals surface area contributed by atoms with Crippen LogP contribution in [0.3, 0.4) is 0 Å². The second kappa shape index (κ2) is 8.12. The number of nitrogens with two attached hydrogens (primary N) is 1. The highest BCUT2D eigenvalue weighted by Crippen LogP contribution is 2.35. The molecule has 4 nitrogen and oxygen atoms in total. The summed E-state index contributed by atoms with van der Waals surface area (Å²) in [4.78, 5) is 0. The summed E-state index contributed by atoms with van der Waals surface area (Å²) in [5.74, 6) is -0.115. The van der Waals surface area contributed by atoms with E-state index in [1.807, 2.05) is 0 Å². The number of ether oxygens (including phenoxy) is 2. The molecular weight excluding hydrogens is 347 g/mol. The van der Waals surface area contributed by atoms with Gasteiger partial charge in [0.25, 0.3) is 0 Å². The van der Waals surface area contributed by atoms with Gasteiger partial charge in [-0.15, -0.1) is 25.6 Å². The van der Waals surface area contributed by atoms with Crippen molar-refractivity contribution in [3.8, 4) is 17.2 Å². The third-order valence-electron chi connectivity index (χ3n) is 3.14. The summed E-state index contributed by atoms with van der Waals surface area (Å²) in [5, 5.41) is 10.2. The van der Waals surface area contributed by atoms with Gasteiger partial charge in [0, 0.05) is 5.56 Å². The zero-order chi connectivity index (χ0) is 17.0. The van der Waals surface area contributed by atoms with Gasteiger partial charge in [-0.25, -0.2) is 0 Å². The number of para-hydroxylation sites is 1. The first kappa shape index (κ1) is 19.9. The molecule has 0 spiro atoms. The number of hydrogen-bond acceptors (Lipinski definition) is 4. The molecule has 0 bridgehead atoms. The van der Waals surface area contributed by atoms with Crippen LogP contribution in [0.5, 0.6) is 17.2 Å². The maximum Gasteiger partial charge on any atom is 0.573 e. The van der Waals surface area contributed by atoms with E-state index in [9.17, 15) is 18.3 Å². The monoisotopic (exact) mass is 363 g/mol. The first-order valence-electron chi connectivity index (χ1n) is 6.87. The Balaban J connectivity index is 0.00000288. The van der Waals surface area contributed by atoms with E-state index in [1.54, 1.807) is 25.1 Å². The van der Waals surface area contributed by atoms with Crippen molar-refractivity contribution in [1.82, 2.24) is 0 Å². The molecular formula is C16H17ClF3NO3. The number of phenolic OH excluding ortho intramolecular Hbond substituents is 1. The molecule has 0 fully saturated rings. The van der Waals surface area contributed by atoms with Crippen molar-refractivity contribution in [2.24, 2.45) is 5.73 Å². The highest BCUT2D eigenvalue weighted by atomic mass is 35.5. The highest BCUT2D eigenvalue weighted by molar-refractivity contribution is 5.85. The average molecular weight is 364 g/mol. The number of halogens is 4. The Morgan fingerprint density at radius 2 is 1.75 bits per heavy atom. The fourth-order valence-electron chi connectivity index (χ4n) is 2.12. The minimum Gasteiger partial charge on any atom is -0.504 e. The van der Waals surface area contributed by atoms with Crippen molar-refractivity contribution in [2.75, 3.05) is 6.61 Å². The van der Waals surface area contributed by atoms with E-state index in [4.69, 9.17) is 10.5 Å². The van der Waals surface area contributed by atoms with Crippen LogP contribution in [0, 0.1) is 0 Å². The molecule has 2 aromatic carbocycles. The van der Waals surface area contributed by atoms with Gasteiger partial charge in [0.2, 0.25) is 0 Å².